The van der Waals surface area contributed by atoms with E-state index in [0.717, 1.165) is 31.2 Å². The van der Waals surface area contributed by atoms with Gasteiger partial charge in [0, 0.05) is 27.2 Å². The molecular weight excluding hydrogens is 415 g/mol. The van der Waals surface area contributed by atoms with Gasteiger partial charge >= 0.3 is 0 Å². The van der Waals surface area contributed by atoms with Crippen molar-refractivity contribution in [1.29, 1.82) is 0 Å². The van der Waals surface area contributed by atoms with Crippen LogP contribution in [0, 0.1) is 0 Å². The van der Waals surface area contributed by atoms with E-state index in [2.05, 4.69) is 47.8 Å². The van der Waals surface area contributed by atoms with E-state index in [1.165, 1.54) is 19.3 Å². The number of hydrogen-bond donors (Lipinski definition) is 1. The van der Waals surface area contributed by atoms with Gasteiger partial charge in [-0.05, 0) is 45.5 Å². The Kier molecular flexibility index (Phi) is 12.7. The molecule has 0 saturated heterocycles. The van der Waals surface area contributed by atoms with E-state index in [4.69, 9.17) is 4.42 Å². The van der Waals surface area contributed by atoms with Crippen LogP contribution in [0.15, 0.2) is 40.5 Å². The molecule has 1 aromatic heterocycles. The van der Waals surface area contributed by atoms with Gasteiger partial charge in [-0.1, -0.05) is 12.5 Å². The van der Waals surface area contributed by atoms with Crippen LogP contribution in [0.5, 0.6) is 0 Å². The summed E-state index contributed by atoms with van der Waals surface area (Å²) >= 11 is 0. The minimum Gasteiger partial charge on any atom is -0.468 e. The largest absolute Gasteiger partial charge is 0.468 e. The molecule has 0 spiro atoms. The van der Waals surface area contributed by atoms with Gasteiger partial charge in [0.2, 0.25) is 0 Å². The second-order valence-electron chi connectivity index (χ2n) is 5.98. The maximum atomic E-state index is 5.54. The van der Waals surface area contributed by atoms with Crippen molar-refractivity contribution in [3.63, 3.8) is 0 Å². The molecule has 1 atom stereocenters. The Balaban J connectivity index is 0.00000529. The SMILES string of the molecule is C=CCCCCCN(C)C(=NC)NCC(c1ccco1)N(C)C.I. The summed E-state index contributed by atoms with van der Waals surface area (Å²) in [6, 6.07) is 4.12. The fourth-order valence-corrected chi connectivity index (χ4v) is 2.51. The molecule has 1 N–H and O–H groups in total. The van der Waals surface area contributed by atoms with Crippen molar-refractivity contribution in [1.82, 2.24) is 15.1 Å². The first kappa shape index (κ1) is 23.0. The summed E-state index contributed by atoms with van der Waals surface area (Å²) in [5, 5.41) is 3.45. The van der Waals surface area contributed by atoms with Crippen LogP contribution in [0.1, 0.15) is 37.5 Å². The van der Waals surface area contributed by atoms with E-state index in [1.807, 2.05) is 25.3 Å². The predicted molar refractivity (Wildman–Crippen MR) is 113 cm³/mol. The van der Waals surface area contributed by atoms with Crippen LogP contribution < -0.4 is 5.32 Å². The summed E-state index contributed by atoms with van der Waals surface area (Å²) in [6.07, 6.45) is 8.41. The van der Waals surface area contributed by atoms with E-state index in [0.29, 0.717) is 0 Å². The van der Waals surface area contributed by atoms with Gasteiger partial charge in [-0.2, -0.15) is 0 Å². The maximum absolute atomic E-state index is 5.54. The van der Waals surface area contributed by atoms with Gasteiger partial charge < -0.3 is 14.6 Å². The minimum atomic E-state index is 0. The molecule has 5 nitrogen and oxygen atoms in total. The number of hydrogen-bond acceptors (Lipinski definition) is 3. The molecule has 1 unspecified atom stereocenters. The number of guanidine groups is 1. The lowest BCUT2D eigenvalue weighted by Gasteiger charge is -2.27. The van der Waals surface area contributed by atoms with Crippen LogP contribution in [-0.2, 0) is 0 Å². The second-order valence-corrected chi connectivity index (χ2v) is 5.98. The number of unbranched alkanes of at least 4 members (excludes halogenated alkanes) is 3. The van der Waals surface area contributed by atoms with Crippen LogP contribution in [0.2, 0.25) is 0 Å². The highest BCUT2D eigenvalue weighted by Gasteiger charge is 2.18. The molecule has 0 aliphatic rings. The summed E-state index contributed by atoms with van der Waals surface area (Å²) in [5.74, 6) is 1.89. The number of allylic oxidation sites excluding steroid dienone is 1. The third-order valence-electron chi connectivity index (χ3n) is 3.92. The van der Waals surface area contributed by atoms with Gasteiger partial charge in [0.15, 0.2) is 5.96 Å². The molecule has 0 fully saturated rings. The van der Waals surface area contributed by atoms with Crippen LogP contribution in [0.3, 0.4) is 0 Å². The third kappa shape index (κ3) is 8.19. The maximum Gasteiger partial charge on any atom is 0.193 e. The second kappa shape index (κ2) is 13.3. The molecule has 0 aliphatic carbocycles. The Labute approximate surface area is 164 Å². The predicted octanol–water partition coefficient (Wildman–Crippen LogP) is 3.75. The van der Waals surface area contributed by atoms with E-state index in [-0.39, 0.29) is 30.0 Å². The van der Waals surface area contributed by atoms with Gasteiger partial charge in [0.1, 0.15) is 5.76 Å². The Morgan fingerprint density at radius 3 is 2.62 bits per heavy atom. The molecule has 6 heteroatoms. The van der Waals surface area contributed by atoms with Crippen LogP contribution in [0.25, 0.3) is 0 Å². The van der Waals surface area contributed by atoms with Gasteiger partial charge in [-0.3, -0.25) is 9.89 Å². The zero-order chi connectivity index (χ0) is 17.1. The third-order valence-corrected chi connectivity index (χ3v) is 3.92. The number of nitrogens with one attached hydrogen (secondary N) is 1. The first-order chi connectivity index (χ1) is 11.1. The highest BCUT2D eigenvalue weighted by atomic mass is 127. The zero-order valence-corrected chi connectivity index (χ0v) is 17.8. The monoisotopic (exact) mass is 448 g/mol. The molecule has 138 valence electrons. The summed E-state index contributed by atoms with van der Waals surface area (Å²) in [4.78, 5) is 8.71. The van der Waals surface area contributed by atoms with Crippen molar-refractivity contribution in [2.24, 2.45) is 4.99 Å². The van der Waals surface area contributed by atoms with Crippen molar-refractivity contribution < 1.29 is 4.42 Å². The summed E-state index contributed by atoms with van der Waals surface area (Å²) in [5.41, 5.74) is 0. The van der Waals surface area contributed by atoms with Gasteiger partial charge in [0.05, 0.1) is 12.3 Å². The van der Waals surface area contributed by atoms with Crippen LogP contribution >= 0.6 is 24.0 Å². The zero-order valence-electron chi connectivity index (χ0n) is 15.5. The highest BCUT2D eigenvalue weighted by Crippen LogP contribution is 2.17. The average molecular weight is 448 g/mol. The molecule has 1 rings (SSSR count). The molecule has 0 aliphatic heterocycles. The molecule has 0 radical (unpaired) electrons. The van der Waals surface area contributed by atoms with Crippen molar-refractivity contribution in [2.45, 2.75) is 31.7 Å². The normalized spacial score (nSPS) is 12.6. The number of likely N-dealkylation sites (N-methyl/N-ethyl adjacent to an activating group) is 1. The first-order valence-electron chi connectivity index (χ1n) is 8.32. The number of nitrogens with zero attached hydrogens (tertiary/aromatic N) is 3. The Morgan fingerprint density at radius 2 is 2.08 bits per heavy atom. The minimum absolute atomic E-state index is 0. The molecule has 1 aromatic rings. The number of rotatable bonds is 10. The van der Waals surface area contributed by atoms with Crippen LogP contribution in [0.4, 0.5) is 0 Å². The smallest absolute Gasteiger partial charge is 0.193 e. The molecule has 0 bridgehead atoms. The Bertz CT molecular complexity index is 460. The van der Waals surface area contributed by atoms with E-state index < -0.39 is 0 Å². The van der Waals surface area contributed by atoms with Gasteiger partial charge in [-0.25, -0.2) is 0 Å². The lowest BCUT2D eigenvalue weighted by molar-refractivity contribution is 0.256. The highest BCUT2D eigenvalue weighted by molar-refractivity contribution is 14.0. The van der Waals surface area contributed by atoms with E-state index >= 15 is 0 Å². The van der Waals surface area contributed by atoms with Gasteiger partial charge in [-0.15, -0.1) is 30.6 Å². The molecule has 0 amide bonds. The standard InChI is InChI=1S/C18H32N4O.HI/c1-6-7-8-9-10-13-22(5)18(19-2)20-15-16(21(3)4)17-12-11-14-23-17;/h6,11-12,14,16H,1,7-10,13,15H2,2-5H3,(H,19,20);1H. The quantitative estimate of drug-likeness (QED) is 0.195. The fraction of sp³-hybridized carbons (Fsp3) is 0.611. The lowest BCUT2D eigenvalue weighted by Crippen LogP contribution is -2.43. The summed E-state index contributed by atoms with van der Waals surface area (Å²) in [6.45, 7) is 5.52. The van der Waals surface area contributed by atoms with Crippen LogP contribution in [-0.4, -0.2) is 57.0 Å². The molecule has 0 aromatic carbocycles. The van der Waals surface area contributed by atoms with Gasteiger partial charge in [0.25, 0.3) is 0 Å². The number of halogens is 1. The molecule has 1 heterocycles. The molecule has 24 heavy (non-hydrogen) atoms. The molecule has 0 saturated carbocycles. The van der Waals surface area contributed by atoms with Crippen molar-refractivity contribution >= 4 is 29.9 Å². The summed E-state index contributed by atoms with van der Waals surface area (Å²) < 4.78 is 5.54. The summed E-state index contributed by atoms with van der Waals surface area (Å²) in [7, 11) is 8.02. The molecular formula is C18H33IN4O. The number of furan rings is 1. The lowest BCUT2D eigenvalue weighted by atomic mass is 10.2. The first-order valence-corrected chi connectivity index (χ1v) is 8.32. The number of aliphatic imine (C=N–C) groups is 1. The van der Waals surface area contributed by atoms with Crippen molar-refractivity contribution in [2.75, 3.05) is 41.3 Å². The van der Waals surface area contributed by atoms with E-state index in [9.17, 15) is 0 Å². The fourth-order valence-electron chi connectivity index (χ4n) is 2.51. The average Bonchev–Trinajstić information content (AvgIpc) is 3.04. The van der Waals surface area contributed by atoms with Crippen molar-refractivity contribution in [3.8, 4) is 0 Å². The topological polar surface area (TPSA) is 44.0 Å². The van der Waals surface area contributed by atoms with E-state index in [1.54, 1.807) is 6.26 Å². The Hall–Kier alpha value is -1.02. The van der Waals surface area contributed by atoms with Crippen molar-refractivity contribution in [3.05, 3.63) is 36.8 Å². The Morgan fingerprint density at radius 1 is 1.33 bits per heavy atom.